The van der Waals surface area contributed by atoms with Crippen molar-refractivity contribution in [2.45, 2.75) is 84.0 Å². The predicted octanol–water partition coefficient (Wildman–Crippen LogP) is 8.38. The lowest BCUT2D eigenvalue weighted by atomic mass is 9.59. The van der Waals surface area contributed by atoms with Crippen LogP contribution >= 0.6 is 0 Å². The minimum atomic E-state index is -0.939. The molecular weight excluding hydrogens is 472 g/mol. The molecule has 0 amide bonds. The lowest BCUT2D eigenvalue weighted by molar-refractivity contribution is 0.0373. The minimum absolute atomic E-state index is 0.0958. The second kappa shape index (κ2) is 12.5. The maximum atomic E-state index is 14.7. The summed E-state index contributed by atoms with van der Waals surface area (Å²) in [5.41, 5.74) is 0.130. The Balaban J connectivity index is 1.28. The Bertz CT molecular complexity index is 1110. The molecule has 0 aliphatic heterocycles. The molecule has 0 saturated heterocycles. The van der Waals surface area contributed by atoms with E-state index in [1.807, 2.05) is 0 Å². The van der Waals surface area contributed by atoms with Gasteiger partial charge in [-0.25, -0.2) is 13.6 Å². The van der Waals surface area contributed by atoms with Gasteiger partial charge in [0.1, 0.15) is 29.2 Å². The van der Waals surface area contributed by atoms with Crippen LogP contribution in [0.4, 0.5) is 8.78 Å². The number of nitriles is 1. The monoisotopic (exact) mass is 509 g/mol. The Morgan fingerprint density at radius 2 is 1.70 bits per heavy atom. The first-order valence-corrected chi connectivity index (χ1v) is 13.8. The molecule has 0 radical (unpaired) electrons. The van der Waals surface area contributed by atoms with E-state index in [0.717, 1.165) is 24.8 Å². The van der Waals surface area contributed by atoms with E-state index in [-0.39, 0.29) is 16.9 Å². The fourth-order valence-electron chi connectivity index (χ4n) is 6.37. The number of esters is 1. The van der Waals surface area contributed by atoms with Crippen molar-refractivity contribution >= 4 is 5.97 Å². The van der Waals surface area contributed by atoms with E-state index < -0.39 is 17.6 Å². The van der Waals surface area contributed by atoms with Crippen molar-refractivity contribution in [2.24, 2.45) is 17.3 Å². The molecule has 2 aliphatic carbocycles. The molecule has 0 aromatic heterocycles. The van der Waals surface area contributed by atoms with Crippen molar-refractivity contribution in [3.63, 3.8) is 0 Å². The van der Waals surface area contributed by atoms with Crippen LogP contribution in [0.1, 0.15) is 99.9 Å². The average molecular weight is 510 g/mol. The van der Waals surface area contributed by atoms with E-state index >= 15 is 0 Å². The molecule has 6 heteroatoms. The molecule has 2 aliphatic rings. The number of carbonyl (C=O) groups is 1. The zero-order valence-corrected chi connectivity index (χ0v) is 21.7. The summed E-state index contributed by atoms with van der Waals surface area (Å²) in [6.07, 6.45) is 15.7. The number of unbranched alkanes of at least 4 members (excludes halogenated alkanes) is 1. The van der Waals surface area contributed by atoms with Crippen LogP contribution in [-0.2, 0) is 0 Å². The molecule has 0 N–H and O–H groups in total. The summed E-state index contributed by atoms with van der Waals surface area (Å²) >= 11 is 0. The molecule has 0 spiro atoms. The highest BCUT2D eigenvalue weighted by Gasteiger charge is 2.40. The third kappa shape index (κ3) is 6.69. The molecule has 0 bridgehead atoms. The number of hydrogen-bond donors (Lipinski definition) is 0. The fourth-order valence-corrected chi connectivity index (χ4v) is 6.37. The maximum absolute atomic E-state index is 14.7. The van der Waals surface area contributed by atoms with E-state index in [2.05, 4.69) is 6.92 Å². The zero-order chi connectivity index (χ0) is 26.3. The summed E-state index contributed by atoms with van der Waals surface area (Å²) in [4.78, 5) is 12.4. The van der Waals surface area contributed by atoms with Crippen LogP contribution in [0.25, 0.3) is 0 Å². The smallest absolute Gasteiger partial charge is 0.346 e. The van der Waals surface area contributed by atoms with Crippen molar-refractivity contribution in [1.82, 2.24) is 0 Å². The van der Waals surface area contributed by atoms with Gasteiger partial charge in [-0.05, 0) is 86.5 Å². The highest BCUT2D eigenvalue weighted by molar-refractivity contribution is 5.91. The van der Waals surface area contributed by atoms with Crippen LogP contribution in [0.5, 0.6) is 11.5 Å². The van der Waals surface area contributed by atoms with E-state index in [9.17, 15) is 13.6 Å². The largest absolute Gasteiger partial charge is 0.493 e. The van der Waals surface area contributed by atoms with Crippen LogP contribution in [0, 0.1) is 40.2 Å². The second-order valence-electron chi connectivity index (χ2n) is 10.8. The summed E-state index contributed by atoms with van der Waals surface area (Å²) in [5, 5.41) is 8.80. The number of hydrogen-bond acceptors (Lipinski definition) is 4. The van der Waals surface area contributed by atoms with E-state index in [1.165, 1.54) is 88.5 Å². The quantitative estimate of drug-likeness (QED) is 0.252. The van der Waals surface area contributed by atoms with Gasteiger partial charge in [-0.15, -0.1) is 0 Å². The highest BCUT2D eigenvalue weighted by Crippen LogP contribution is 2.52. The second-order valence-corrected chi connectivity index (χ2v) is 10.8. The standard InChI is InChI=1S/C31H37F2NO3/c1-2-3-15-31(16-5-4-6-17-31)24-10-7-22(8-11-24)21-36-25-13-14-27(29(33)18-25)30(35)37-26-12-9-23(20-34)28(32)19-26/h9,12-14,18-19,22,24H,2-8,10-11,15-17,21H2,1H3/t22-,24-. The van der Waals surface area contributed by atoms with Gasteiger partial charge in [-0.1, -0.05) is 39.0 Å². The molecule has 2 aromatic rings. The van der Waals surface area contributed by atoms with Crippen LogP contribution in [0.15, 0.2) is 36.4 Å². The van der Waals surface area contributed by atoms with Gasteiger partial charge in [0.05, 0.1) is 17.7 Å². The Hall–Kier alpha value is -2.94. The molecule has 37 heavy (non-hydrogen) atoms. The molecular formula is C31H37F2NO3. The zero-order valence-electron chi connectivity index (χ0n) is 21.7. The lowest BCUT2D eigenvalue weighted by Crippen LogP contribution is -2.36. The molecule has 2 fully saturated rings. The van der Waals surface area contributed by atoms with Gasteiger partial charge in [0.2, 0.25) is 0 Å². The molecule has 0 unspecified atom stereocenters. The van der Waals surface area contributed by atoms with Gasteiger partial charge in [-0.3, -0.25) is 0 Å². The van der Waals surface area contributed by atoms with E-state index in [4.69, 9.17) is 14.7 Å². The van der Waals surface area contributed by atoms with Crippen molar-refractivity contribution < 1.29 is 23.0 Å². The number of halogens is 2. The van der Waals surface area contributed by atoms with Crippen molar-refractivity contribution in [1.29, 1.82) is 5.26 Å². The molecule has 0 atom stereocenters. The predicted molar refractivity (Wildman–Crippen MR) is 138 cm³/mol. The lowest BCUT2D eigenvalue weighted by Gasteiger charge is -2.47. The first-order chi connectivity index (χ1) is 17.9. The molecule has 198 valence electrons. The van der Waals surface area contributed by atoms with Gasteiger partial charge in [0, 0.05) is 12.1 Å². The summed E-state index contributed by atoms with van der Waals surface area (Å²) in [6.45, 7) is 2.84. The molecule has 2 saturated carbocycles. The number of benzene rings is 2. The Morgan fingerprint density at radius 3 is 2.35 bits per heavy atom. The van der Waals surface area contributed by atoms with Crippen LogP contribution in [0.2, 0.25) is 0 Å². The van der Waals surface area contributed by atoms with Gasteiger partial charge < -0.3 is 9.47 Å². The first-order valence-electron chi connectivity index (χ1n) is 13.8. The van der Waals surface area contributed by atoms with E-state index in [1.54, 1.807) is 12.1 Å². The third-order valence-electron chi connectivity index (χ3n) is 8.51. The van der Waals surface area contributed by atoms with Gasteiger partial charge in [-0.2, -0.15) is 5.26 Å². The van der Waals surface area contributed by atoms with Crippen LogP contribution < -0.4 is 9.47 Å². The molecule has 0 heterocycles. The Labute approximate surface area is 219 Å². The van der Waals surface area contributed by atoms with Crippen LogP contribution in [-0.4, -0.2) is 12.6 Å². The molecule has 2 aromatic carbocycles. The fraction of sp³-hybridized carbons (Fsp3) is 0.548. The number of carbonyl (C=O) groups excluding carboxylic acids is 1. The topological polar surface area (TPSA) is 59.3 Å². The molecule has 4 nitrogen and oxygen atoms in total. The van der Waals surface area contributed by atoms with Crippen molar-refractivity contribution in [2.75, 3.05) is 6.61 Å². The SMILES string of the molecule is CCCCC1([C@H]2CC[C@H](COc3ccc(C(=O)Oc4ccc(C#N)c(F)c4)c(F)c3)CC2)CCCCC1. The minimum Gasteiger partial charge on any atom is -0.493 e. The maximum Gasteiger partial charge on any atom is 0.346 e. The van der Waals surface area contributed by atoms with Crippen molar-refractivity contribution in [3.8, 4) is 17.6 Å². The van der Waals surface area contributed by atoms with Gasteiger partial charge in [0.25, 0.3) is 0 Å². The third-order valence-corrected chi connectivity index (χ3v) is 8.51. The summed E-state index contributed by atoms with van der Waals surface area (Å²) < 4.78 is 39.4. The molecule has 4 rings (SSSR count). The van der Waals surface area contributed by atoms with Gasteiger partial charge in [0.15, 0.2) is 0 Å². The normalized spacial score (nSPS) is 21.1. The van der Waals surface area contributed by atoms with Crippen LogP contribution in [0.3, 0.4) is 0 Å². The summed E-state index contributed by atoms with van der Waals surface area (Å²) in [6, 6.07) is 9.21. The summed E-state index contributed by atoms with van der Waals surface area (Å²) in [5.74, 6) is -0.929. The number of rotatable bonds is 9. The average Bonchev–Trinajstić information content (AvgIpc) is 2.91. The highest BCUT2D eigenvalue weighted by atomic mass is 19.1. The Kier molecular flexibility index (Phi) is 9.18. The van der Waals surface area contributed by atoms with Gasteiger partial charge >= 0.3 is 5.97 Å². The number of ether oxygens (including phenoxy) is 2. The number of nitrogens with zero attached hydrogens (tertiary/aromatic N) is 1. The van der Waals surface area contributed by atoms with Crippen molar-refractivity contribution in [3.05, 3.63) is 59.2 Å². The Morgan fingerprint density at radius 1 is 1.00 bits per heavy atom. The summed E-state index contributed by atoms with van der Waals surface area (Å²) in [7, 11) is 0. The van der Waals surface area contributed by atoms with E-state index in [0.29, 0.717) is 23.7 Å². The first kappa shape index (κ1) is 27.1.